The van der Waals surface area contributed by atoms with Gasteiger partial charge in [0, 0.05) is 11.9 Å². The van der Waals surface area contributed by atoms with Crippen molar-refractivity contribution in [1.29, 1.82) is 0 Å². The third-order valence-corrected chi connectivity index (χ3v) is 3.04. The van der Waals surface area contributed by atoms with Crippen LogP contribution in [-0.2, 0) is 0 Å². The van der Waals surface area contributed by atoms with E-state index in [9.17, 15) is 9.18 Å². The molecule has 0 unspecified atom stereocenters. The van der Waals surface area contributed by atoms with Crippen molar-refractivity contribution in [3.05, 3.63) is 65.1 Å². The van der Waals surface area contributed by atoms with Crippen molar-refractivity contribution in [2.75, 3.05) is 12.4 Å². The standard InChI is InChI=1S/C16H14ClFN2O2/c1-22-15-6-5-13(10-14(15)17)20-16(21)19-8-7-11-3-2-4-12(18)9-11/h2-10H,1H3,(H2,19,20,21)/b8-7+. The van der Waals surface area contributed by atoms with Crippen LogP contribution in [0.4, 0.5) is 14.9 Å². The summed E-state index contributed by atoms with van der Waals surface area (Å²) < 4.78 is 18.0. The average Bonchev–Trinajstić information content (AvgIpc) is 2.47. The van der Waals surface area contributed by atoms with E-state index in [1.54, 1.807) is 36.4 Å². The molecule has 0 aliphatic heterocycles. The van der Waals surface area contributed by atoms with Gasteiger partial charge in [0.2, 0.25) is 0 Å². The number of hydrogen-bond acceptors (Lipinski definition) is 2. The van der Waals surface area contributed by atoms with Crippen molar-refractivity contribution in [3.63, 3.8) is 0 Å². The molecule has 2 rings (SSSR count). The van der Waals surface area contributed by atoms with Crippen molar-refractivity contribution in [1.82, 2.24) is 5.32 Å². The van der Waals surface area contributed by atoms with Crippen molar-refractivity contribution >= 4 is 29.4 Å². The molecule has 2 N–H and O–H groups in total. The third-order valence-electron chi connectivity index (χ3n) is 2.75. The number of hydrogen-bond donors (Lipinski definition) is 2. The Kier molecular flexibility index (Phi) is 5.38. The van der Waals surface area contributed by atoms with E-state index in [1.807, 2.05) is 0 Å². The minimum Gasteiger partial charge on any atom is -0.495 e. The summed E-state index contributed by atoms with van der Waals surface area (Å²) in [5.41, 5.74) is 1.18. The van der Waals surface area contributed by atoms with Crippen molar-refractivity contribution in [2.45, 2.75) is 0 Å². The molecule has 0 aliphatic carbocycles. The zero-order chi connectivity index (χ0) is 15.9. The maximum Gasteiger partial charge on any atom is 0.323 e. The van der Waals surface area contributed by atoms with Gasteiger partial charge < -0.3 is 15.4 Å². The molecule has 0 radical (unpaired) electrons. The lowest BCUT2D eigenvalue weighted by atomic mass is 10.2. The highest BCUT2D eigenvalue weighted by atomic mass is 35.5. The molecule has 2 aromatic rings. The summed E-state index contributed by atoms with van der Waals surface area (Å²) in [6, 6.07) is 10.5. The monoisotopic (exact) mass is 320 g/mol. The summed E-state index contributed by atoms with van der Waals surface area (Å²) in [6.07, 6.45) is 3.01. The van der Waals surface area contributed by atoms with Crippen LogP contribution >= 0.6 is 11.6 Å². The number of carbonyl (C=O) groups is 1. The number of rotatable bonds is 4. The minimum atomic E-state index is -0.436. The predicted octanol–water partition coefficient (Wildman–Crippen LogP) is 4.28. The van der Waals surface area contributed by atoms with E-state index >= 15 is 0 Å². The highest BCUT2D eigenvalue weighted by Crippen LogP contribution is 2.27. The lowest BCUT2D eigenvalue weighted by Crippen LogP contribution is -2.23. The van der Waals surface area contributed by atoms with Gasteiger partial charge in [-0.25, -0.2) is 9.18 Å². The van der Waals surface area contributed by atoms with E-state index in [-0.39, 0.29) is 5.82 Å². The van der Waals surface area contributed by atoms with E-state index < -0.39 is 6.03 Å². The van der Waals surface area contributed by atoms with E-state index in [1.165, 1.54) is 25.4 Å². The quantitative estimate of drug-likeness (QED) is 0.883. The van der Waals surface area contributed by atoms with E-state index in [0.29, 0.717) is 22.0 Å². The Hall–Kier alpha value is -2.53. The van der Waals surface area contributed by atoms with Gasteiger partial charge in [-0.05, 0) is 42.0 Å². The molecule has 6 heteroatoms. The van der Waals surface area contributed by atoms with Gasteiger partial charge in [0.05, 0.1) is 12.1 Å². The highest BCUT2D eigenvalue weighted by Gasteiger charge is 2.04. The van der Waals surface area contributed by atoms with Crippen LogP contribution in [0.15, 0.2) is 48.7 Å². The molecule has 0 atom stereocenters. The fourth-order valence-electron chi connectivity index (χ4n) is 1.74. The maximum absolute atomic E-state index is 13.0. The molecule has 22 heavy (non-hydrogen) atoms. The Morgan fingerprint density at radius 1 is 1.27 bits per heavy atom. The van der Waals surface area contributed by atoms with Crippen LogP contribution in [0.2, 0.25) is 5.02 Å². The fraction of sp³-hybridized carbons (Fsp3) is 0.0625. The third kappa shape index (κ3) is 4.49. The molecule has 114 valence electrons. The van der Waals surface area contributed by atoms with Gasteiger partial charge in [-0.15, -0.1) is 0 Å². The average molecular weight is 321 g/mol. The number of anilines is 1. The number of nitrogens with one attached hydrogen (secondary N) is 2. The second-order valence-electron chi connectivity index (χ2n) is 4.34. The Morgan fingerprint density at radius 3 is 2.77 bits per heavy atom. The molecule has 4 nitrogen and oxygen atoms in total. The summed E-state index contributed by atoms with van der Waals surface area (Å²) in [4.78, 5) is 11.7. The summed E-state index contributed by atoms with van der Waals surface area (Å²) in [5.74, 6) is 0.193. The Morgan fingerprint density at radius 2 is 2.09 bits per heavy atom. The zero-order valence-electron chi connectivity index (χ0n) is 11.8. The molecule has 0 saturated heterocycles. The van der Waals surface area contributed by atoms with Crippen LogP contribution in [0.3, 0.4) is 0 Å². The summed E-state index contributed by atoms with van der Waals surface area (Å²) in [5, 5.41) is 5.53. The number of benzene rings is 2. The van der Waals surface area contributed by atoms with Crippen LogP contribution in [0.25, 0.3) is 6.08 Å². The molecular weight excluding hydrogens is 307 g/mol. The summed E-state index contributed by atoms with van der Waals surface area (Å²) in [6.45, 7) is 0. The molecule has 0 saturated carbocycles. The van der Waals surface area contributed by atoms with Gasteiger partial charge in [-0.1, -0.05) is 23.7 Å². The number of carbonyl (C=O) groups excluding carboxylic acids is 1. The number of ether oxygens (including phenoxy) is 1. The first-order valence-electron chi connectivity index (χ1n) is 6.41. The number of amides is 2. The molecular formula is C16H14ClFN2O2. The van der Waals surface area contributed by atoms with Crippen molar-refractivity contribution in [3.8, 4) is 5.75 Å². The van der Waals surface area contributed by atoms with Crippen molar-refractivity contribution in [2.24, 2.45) is 0 Å². The molecule has 0 bridgehead atoms. The molecule has 2 aromatic carbocycles. The van der Waals surface area contributed by atoms with E-state index in [0.717, 1.165) is 0 Å². The molecule has 2 amide bonds. The lowest BCUT2D eigenvalue weighted by molar-refractivity contribution is 0.255. The van der Waals surface area contributed by atoms with Crippen LogP contribution < -0.4 is 15.4 Å². The van der Waals surface area contributed by atoms with Crippen LogP contribution in [0.5, 0.6) is 5.75 Å². The minimum absolute atomic E-state index is 0.334. The van der Waals surface area contributed by atoms with Crippen LogP contribution in [0, 0.1) is 5.82 Å². The SMILES string of the molecule is COc1ccc(NC(=O)N/C=C/c2cccc(F)c2)cc1Cl. The fourth-order valence-corrected chi connectivity index (χ4v) is 1.99. The first kappa shape index (κ1) is 15.9. The second-order valence-corrected chi connectivity index (χ2v) is 4.74. The highest BCUT2D eigenvalue weighted by molar-refractivity contribution is 6.32. The number of halogens is 2. The Balaban J connectivity index is 1.91. The maximum atomic E-state index is 13.0. The first-order chi connectivity index (χ1) is 10.6. The summed E-state index contributed by atoms with van der Waals surface area (Å²) >= 11 is 5.97. The zero-order valence-corrected chi connectivity index (χ0v) is 12.5. The number of methoxy groups -OCH3 is 1. The Bertz CT molecular complexity index is 704. The van der Waals surface area contributed by atoms with Gasteiger partial charge in [0.1, 0.15) is 11.6 Å². The largest absolute Gasteiger partial charge is 0.495 e. The molecule has 0 aromatic heterocycles. The van der Waals surface area contributed by atoms with E-state index in [2.05, 4.69) is 10.6 Å². The van der Waals surface area contributed by atoms with Gasteiger partial charge >= 0.3 is 6.03 Å². The van der Waals surface area contributed by atoms with Gasteiger partial charge in [0.15, 0.2) is 0 Å². The molecule has 0 heterocycles. The first-order valence-corrected chi connectivity index (χ1v) is 6.79. The summed E-state index contributed by atoms with van der Waals surface area (Å²) in [7, 11) is 1.51. The lowest BCUT2D eigenvalue weighted by Gasteiger charge is -2.07. The molecule has 0 spiro atoms. The Labute approximate surface area is 132 Å². The number of urea groups is 1. The van der Waals surface area contributed by atoms with Crippen LogP contribution in [-0.4, -0.2) is 13.1 Å². The van der Waals surface area contributed by atoms with E-state index in [4.69, 9.17) is 16.3 Å². The molecule has 0 fully saturated rings. The predicted molar refractivity (Wildman–Crippen MR) is 85.6 cm³/mol. The smallest absolute Gasteiger partial charge is 0.323 e. The van der Waals surface area contributed by atoms with Gasteiger partial charge in [0.25, 0.3) is 0 Å². The van der Waals surface area contributed by atoms with Crippen LogP contribution in [0.1, 0.15) is 5.56 Å². The van der Waals surface area contributed by atoms with Gasteiger partial charge in [-0.3, -0.25) is 0 Å². The van der Waals surface area contributed by atoms with Crippen molar-refractivity contribution < 1.29 is 13.9 Å². The molecule has 0 aliphatic rings. The normalized spacial score (nSPS) is 10.5. The van der Waals surface area contributed by atoms with Gasteiger partial charge in [-0.2, -0.15) is 0 Å². The topological polar surface area (TPSA) is 50.4 Å². The second kappa shape index (κ2) is 7.47.